The lowest BCUT2D eigenvalue weighted by Gasteiger charge is -2.20. The maximum Gasteiger partial charge on any atom is 0.177 e. The van der Waals surface area contributed by atoms with Crippen molar-refractivity contribution in [3.8, 4) is 0 Å². The minimum Gasteiger partial charge on any atom is -0.341 e. The minimum atomic E-state index is 0.173. The Morgan fingerprint density at radius 1 is 1.26 bits per heavy atom. The lowest BCUT2D eigenvalue weighted by Crippen LogP contribution is -2.40. The highest BCUT2D eigenvalue weighted by Gasteiger charge is 2.08. The van der Waals surface area contributed by atoms with Crippen LogP contribution in [0.5, 0.6) is 0 Å². The lowest BCUT2D eigenvalue weighted by molar-refractivity contribution is 0.421. The standard InChI is InChI=1S/C14H23N5/c1-10-18-12-11(5-6-16-13(12)19-10)9-15-7-8-17-14(2,3)4/h5-6,15,17H,7-9H2,1-4H3,(H,16,18,19). The molecule has 0 aliphatic rings. The van der Waals surface area contributed by atoms with Gasteiger partial charge in [0.15, 0.2) is 5.65 Å². The number of pyridine rings is 1. The van der Waals surface area contributed by atoms with E-state index in [0.29, 0.717) is 0 Å². The number of aromatic nitrogens is 3. The summed E-state index contributed by atoms with van der Waals surface area (Å²) in [5.74, 6) is 0.907. The Hall–Kier alpha value is -1.46. The maximum atomic E-state index is 4.34. The van der Waals surface area contributed by atoms with Gasteiger partial charge in [-0.1, -0.05) is 0 Å². The van der Waals surface area contributed by atoms with Crippen LogP contribution in [0.4, 0.5) is 0 Å². The summed E-state index contributed by atoms with van der Waals surface area (Å²) in [6.45, 7) is 11.2. The molecule has 2 aromatic rings. The van der Waals surface area contributed by atoms with Crippen LogP contribution < -0.4 is 10.6 Å². The number of hydrogen-bond donors (Lipinski definition) is 3. The Balaban J connectivity index is 1.88. The van der Waals surface area contributed by atoms with Gasteiger partial charge in [-0.2, -0.15) is 0 Å². The van der Waals surface area contributed by atoms with Gasteiger partial charge in [-0.3, -0.25) is 0 Å². The van der Waals surface area contributed by atoms with Crippen molar-refractivity contribution in [2.24, 2.45) is 0 Å². The Morgan fingerprint density at radius 3 is 2.79 bits per heavy atom. The van der Waals surface area contributed by atoms with E-state index in [1.807, 2.05) is 19.2 Å². The number of fused-ring (bicyclic) bond motifs is 1. The Bertz CT molecular complexity index is 538. The molecule has 0 saturated carbocycles. The van der Waals surface area contributed by atoms with Crippen molar-refractivity contribution >= 4 is 11.2 Å². The molecule has 19 heavy (non-hydrogen) atoms. The van der Waals surface area contributed by atoms with E-state index in [1.54, 1.807) is 0 Å². The molecule has 2 rings (SSSR count). The second-order valence-corrected chi connectivity index (χ2v) is 5.84. The first-order valence-corrected chi connectivity index (χ1v) is 6.72. The first-order chi connectivity index (χ1) is 8.96. The van der Waals surface area contributed by atoms with Gasteiger partial charge in [-0.05, 0) is 39.3 Å². The third kappa shape index (κ3) is 4.01. The second-order valence-electron chi connectivity index (χ2n) is 5.84. The Labute approximate surface area is 114 Å². The monoisotopic (exact) mass is 261 g/mol. The van der Waals surface area contributed by atoms with Crippen molar-refractivity contribution in [2.75, 3.05) is 13.1 Å². The van der Waals surface area contributed by atoms with Gasteiger partial charge >= 0.3 is 0 Å². The molecule has 3 N–H and O–H groups in total. The molecule has 0 saturated heterocycles. The highest BCUT2D eigenvalue weighted by Crippen LogP contribution is 2.13. The van der Waals surface area contributed by atoms with Crippen molar-refractivity contribution in [2.45, 2.75) is 39.8 Å². The number of aromatic amines is 1. The molecular formula is C14H23N5. The molecule has 0 aromatic carbocycles. The number of imidazole rings is 1. The van der Waals surface area contributed by atoms with Crippen LogP contribution in [0.15, 0.2) is 12.3 Å². The van der Waals surface area contributed by atoms with Gasteiger partial charge in [-0.15, -0.1) is 0 Å². The Morgan fingerprint density at radius 2 is 2.05 bits per heavy atom. The quantitative estimate of drug-likeness (QED) is 0.717. The number of nitrogens with one attached hydrogen (secondary N) is 3. The van der Waals surface area contributed by atoms with E-state index in [0.717, 1.165) is 36.6 Å². The van der Waals surface area contributed by atoms with Crippen molar-refractivity contribution in [1.82, 2.24) is 25.6 Å². The van der Waals surface area contributed by atoms with Crippen LogP contribution >= 0.6 is 0 Å². The van der Waals surface area contributed by atoms with Crippen molar-refractivity contribution < 1.29 is 0 Å². The summed E-state index contributed by atoms with van der Waals surface area (Å²) in [7, 11) is 0. The van der Waals surface area contributed by atoms with E-state index in [-0.39, 0.29) is 5.54 Å². The van der Waals surface area contributed by atoms with Gasteiger partial charge in [0.1, 0.15) is 5.82 Å². The summed E-state index contributed by atoms with van der Waals surface area (Å²) in [6, 6.07) is 2.03. The van der Waals surface area contributed by atoms with Crippen molar-refractivity contribution in [1.29, 1.82) is 0 Å². The molecule has 0 amide bonds. The van der Waals surface area contributed by atoms with Gasteiger partial charge in [-0.25, -0.2) is 9.97 Å². The molecule has 0 bridgehead atoms. The lowest BCUT2D eigenvalue weighted by atomic mass is 10.1. The largest absolute Gasteiger partial charge is 0.341 e. The van der Waals surface area contributed by atoms with Crippen LogP contribution in [0.1, 0.15) is 32.2 Å². The average molecular weight is 261 g/mol. The van der Waals surface area contributed by atoms with E-state index in [4.69, 9.17) is 0 Å². The van der Waals surface area contributed by atoms with Crippen LogP contribution in [-0.2, 0) is 6.54 Å². The van der Waals surface area contributed by atoms with Crippen molar-refractivity contribution in [3.05, 3.63) is 23.7 Å². The van der Waals surface area contributed by atoms with Crippen molar-refractivity contribution in [3.63, 3.8) is 0 Å². The normalized spacial score (nSPS) is 12.2. The molecule has 2 heterocycles. The first-order valence-electron chi connectivity index (χ1n) is 6.72. The van der Waals surface area contributed by atoms with Crippen LogP contribution in [0, 0.1) is 6.92 Å². The molecule has 5 heteroatoms. The summed E-state index contributed by atoms with van der Waals surface area (Å²) < 4.78 is 0. The minimum absolute atomic E-state index is 0.173. The molecule has 2 aromatic heterocycles. The summed E-state index contributed by atoms with van der Waals surface area (Å²) in [5.41, 5.74) is 3.22. The second kappa shape index (κ2) is 5.67. The molecule has 104 valence electrons. The van der Waals surface area contributed by atoms with Gasteiger partial charge < -0.3 is 15.6 Å². The van der Waals surface area contributed by atoms with E-state index >= 15 is 0 Å². The summed E-state index contributed by atoms with van der Waals surface area (Å²) in [6.07, 6.45) is 1.81. The fourth-order valence-corrected chi connectivity index (χ4v) is 1.97. The van der Waals surface area contributed by atoms with Crippen LogP contribution in [0.3, 0.4) is 0 Å². The van der Waals surface area contributed by atoms with E-state index in [1.165, 1.54) is 5.56 Å². The van der Waals surface area contributed by atoms with Gasteiger partial charge in [0.2, 0.25) is 0 Å². The first kappa shape index (κ1) is 14.0. The molecule has 0 unspecified atom stereocenters. The maximum absolute atomic E-state index is 4.34. The third-order valence-electron chi connectivity index (χ3n) is 2.87. The van der Waals surface area contributed by atoms with Crippen LogP contribution in [0.25, 0.3) is 11.2 Å². The summed E-state index contributed by atoms with van der Waals surface area (Å²) >= 11 is 0. The zero-order chi connectivity index (χ0) is 13.9. The fourth-order valence-electron chi connectivity index (χ4n) is 1.97. The van der Waals surface area contributed by atoms with E-state index < -0.39 is 0 Å². The zero-order valence-corrected chi connectivity index (χ0v) is 12.2. The number of nitrogens with zero attached hydrogens (tertiary/aromatic N) is 2. The van der Waals surface area contributed by atoms with Gasteiger partial charge in [0.25, 0.3) is 0 Å². The topological polar surface area (TPSA) is 65.6 Å². The molecule has 0 fully saturated rings. The predicted octanol–water partition coefficient (Wildman–Crippen LogP) is 1.74. The highest BCUT2D eigenvalue weighted by atomic mass is 15.0. The number of hydrogen-bond acceptors (Lipinski definition) is 4. The average Bonchev–Trinajstić information content (AvgIpc) is 2.68. The molecule has 0 aliphatic carbocycles. The predicted molar refractivity (Wildman–Crippen MR) is 78.1 cm³/mol. The van der Waals surface area contributed by atoms with Gasteiger partial charge in [0.05, 0.1) is 5.52 Å². The molecule has 5 nitrogen and oxygen atoms in total. The number of aryl methyl sites for hydroxylation is 1. The van der Waals surface area contributed by atoms with E-state index in [2.05, 4.69) is 46.4 Å². The smallest absolute Gasteiger partial charge is 0.177 e. The Kier molecular flexibility index (Phi) is 4.17. The number of rotatable bonds is 5. The summed E-state index contributed by atoms with van der Waals surface area (Å²) in [4.78, 5) is 11.9. The highest BCUT2D eigenvalue weighted by molar-refractivity contribution is 5.74. The fraction of sp³-hybridized carbons (Fsp3) is 0.571. The molecule has 0 spiro atoms. The molecule has 0 radical (unpaired) electrons. The van der Waals surface area contributed by atoms with E-state index in [9.17, 15) is 0 Å². The van der Waals surface area contributed by atoms with Gasteiger partial charge in [0, 0.05) is 31.4 Å². The molecule has 0 aliphatic heterocycles. The van der Waals surface area contributed by atoms with Crippen LogP contribution in [-0.4, -0.2) is 33.6 Å². The summed E-state index contributed by atoms with van der Waals surface area (Å²) in [5, 5.41) is 6.89. The van der Waals surface area contributed by atoms with Crippen LogP contribution in [0.2, 0.25) is 0 Å². The SMILES string of the molecule is Cc1nc2nccc(CNCCNC(C)(C)C)c2[nH]1. The molecule has 0 atom stereocenters. The number of H-pyrrole nitrogens is 1. The zero-order valence-electron chi connectivity index (χ0n) is 12.2. The molecular weight excluding hydrogens is 238 g/mol. The third-order valence-corrected chi connectivity index (χ3v) is 2.87.